The highest BCUT2D eigenvalue weighted by atomic mass is 16.5. The van der Waals surface area contributed by atoms with Gasteiger partial charge in [0.15, 0.2) is 5.69 Å². The number of aromatic nitrogens is 3. The minimum absolute atomic E-state index is 0.0424. The summed E-state index contributed by atoms with van der Waals surface area (Å²) in [5.41, 5.74) is 2.24. The van der Waals surface area contributed by atoms with E-state index in [0.717, 1.165) is 18.5 Å². The summed E-state index contributed by atoms with van der Waals surface area (Å²) in [6.07, 6.45) is 3.36. The van der Waals surface area contributed by atoms with Crippen molar-refractivity contribution in [1.29, 1.82) is 0 Å². The molecule has 0 saturated carbocycles. The Hall–Kier alpha value is -2.70. The van der Waals surface area contributed by atoms with Crippen molar-refractivity contribution in [2.75, 3.05) is 18.1 Å². The minimum atomic E-state index is -0.533. The molecule has 120 valence electrons. The number of nitrogens with zero attached hydrogens (tertiary/aromatic N) is 4. The molecule has 1 aromatic carbocycles. The smallest absolute Gasteiger partial charge is 0.360 e. The number of anilines is 1. The number of rotatable bonds is 4. The third-order valence-electron chi connectivity index (χ3n) is 3.73. The monoisotopic (exact) mass is 314 g/mol. The van der Waals surface area contributed by atoms with Crippen LogP contribution in [0.3, 0.4) is 0 Å². The highest BCUT2D eigenvalue weighted by Gasteiger charge is 2.23. The second-order valence-electron chi connectivity index (χ2n) is 5.30. The SMILES string of the molecule is CCOC(=O)c1cn(CC(=O)N2CCCc3ccccc32)nn1. The second-order valence-corrected chi connectivity index (χ2v) is 5.30. The highest BCUT2D eigenvalue weighted by molar-refractivity contribution is 5.94. The van der Waals surface area contributed by atoms with Crippen molar-refractivity contribution < 1.29 is 14.3 Å². The summed E-state index contributed by atoms with van der Waals surface area (Å²) in [4.78, 5) is 25.9. The fraction of sp³-hybridized carbons (Fsp3) is 0.375. The van der Waals surface area contributed by atoms with Crippen LogP contribution in [0, 0.1) is 0 Å². The lowest BCUT2D eigenvalue weighted by Crippen LogP contribution is -2.37. The number of aryl methyl sites for hydroxylation is 1. The minimum Gasteiger partial charge on any atom is -0.461 e. The first-order valence-electron chi connectivity index (χ1n) is 7.64. The van der Waals surface area contributed by atoms with Gasteiger partial charge in [0.2, 0.25) is 5.91 Å². The van der Waals surface area contributed by atoms with Crippen molar-refractivity contribution in [3.05, 3.63) is 41.7 Å². The molecule has 2 aromatic rings. The number of para-hydroxylation sites is 1. The zero-order valence-corrected chi connectivity index (χ0v) is 12.9. The van der Waals surface area contributed by atoms with E-state index in [0.29, 0.717) is 6.54 Å². The quantitative estimate of drug-likeness (QED) is 0.798. The van der Waals surface area contributed by atoms with Crippen LogP contribution in [0.2, 0.25) is 0 Å². The highest BCUT2D eigenvalue weighted by Crippen LogP contribution is 2.26. The van der Waals surface area contributed by atoms with Crippen molar-refractivity contribution in [3.63, 3.8) is 0 Å². The number of carbonyl (C=O) groups excluding carboxylic acids is 2. The maximum absolute atomic E-state index is 12.6. The van der Waals surface area contributed by atoms with Crippen molar-refractivity contribution in [2.24, 2.45) is 0 Å². The molecular weight excluding hydrogens is 296 g/mol. The lowest BCUT2D eigenvalue weighted by atomic mass is 10.0. The molecule has 0 saturated heterocycles. The summed E-state index contributed by atoms with van der Waals surface area (Å²) in [5, 5.41) is 7.57. The van der Waals surface area contributed by atoms with E-state index in [1.165, 1.54) is 16.4 Å². The maximum atomic E-state index is 12.6. The van der Waals surface area contributed by atoms with E-state index >= 15 is 0 Å². The zero-order chi connectivity index (χ0) is 16.2. The van der Waals surface area contributed by atoms with E-state index < -0.39 is 5.97 Å². The van der Waals surface area contributed by atoms with Gasteiger partial charge < -0.3 is 9.64 Å². The van der Waals surface area contributed by atoms with Crippen LogP contribution in [0.5, 0.6) is 0 Å². The van der Waals surface area contributed by atoms with Gasteiger partial charge in [-0.3, -0.25) is 4.79 Å². The van der Waals surface area contributed by atoms with Crippen molar-refractivity contribution in [3.8, 4) is 0 Å². The molecule has 7 heteroatoms. The molecule has 1 aromatic heterocycles. The number of benzene rings is 1. The van der Waals surface area contributed by atoms with Crippen molar-refractivity contribution >= 4 is 17.6 Å². The summed E-state index contributed by atoms with van der Waals surface area (Å²) in [7, 11) is 0. The van der Waals surface area contributed by atoms with Crippen LogP contribution in [-0.4, -0.2) is 40.0 Å². The van der Waals surface area contributed by atoms with Crippen molar-refractivity contribution in [1.82, 2.24) is 15.0 Å². The summed E-state index contributed by atoms with van der Waals surface area (Å²) in [6, 6.07) is 7.91. The molecule has 1 aliphatic rings. The summed E-state index contributed by atoms with van der Waals surface area (Å²) in [5.74, 6) is -0.605. The Kier molecular flexibility index (Phi) is 4.36. The molecule has 1 aliphatic heterocycles. The van der Waals surface area contributed by atoms with Crippen LogP contribution in [-0.2, 0) is 22.5 Å². The Morgan fingerprint density at radius 2 is 2.13 bits per heavy atom. The molecule has 0 N–H and O–H groups in total. The predicted octanol–water partition coefficient (Wildman–Crippen LogP) is 1.43. The number of ether oxygens (including phenoxy) is 1. The molecule has 2 heterocycles. The van der Waals surface area contributed by atoms with Gasteiger partial charge in [-0.1, -0.05) is 23.4 Å². The Bertz CT molecular complexity index is 726. The van der Waals surface area contributed by atoms with Crippen LogP contribution in [0.15, 0.2) is 30.5 Å². The van der Waals surface area contributed by atoms with Gasteiger partial charge in [0, 0.05) is 12.2 Å². The third kappa shape index (κ3) is 3.23. The Morgan fingerprint density at radius 3 is 2.96 bits per heavy atom. The Balaban J connectivity index is 1.72. The third-order valence-corrected chi connectivity index (χ3v) is 3.73. The van der Waals surface area contributed by atoms with E-state index in [1.54, 1.807) is 11.8 Å². The topological polar surface area (TPSA) is 77.3 Å². The van der Waals surface area contributed by atoms with E-state index in [9.17, 15) is 9.59 Å². The fourth-order valence-corrected chi connectivity index (χ4v) is 2.69. The number of esters is 1. The van der Waals surface area contributed by atoms with Crippen LogP contribution >= 0.6 is 0 Å². The van der Waals surface area contributed by atoms with Crippen LogP contribution < -0.4 is 4.90 Å². The molecule has 0 unspecified atom stereocenters. The van der Waals surface area contributed by atoms with Gasteiger partial charge in [0.1, 0.15) is 6.54 Å². The van der Waals surface area contributed by atoms with E-state index in [1.807, 2.05) is 24.3 Å². The normalized spacial score (nSPS) is 13.5. The van der Waals surface area contributed by atoms with E-state index in [4.69, 9.17) is 4.74 Å². The molecular formula is C16H18N4O3. The lowest BCUT2D eigenvalue weighted by Gasteiger charge is -2.29. The number of amides is 1. The van der Waals surface area contributed by atoms with Gasteiger partial charge in [-0.05, 0) is 31.4 Å². The van der Waals surface area contributed by atoms with Gasteiger partial charge >= 0.3 is 5.97 Å². The molecule has 23 heavy (non-hydrogen) atoms. The van der Waals surface area contributed by atoms with Gasteiger partial charge in [-0.25, -0.2) is 9.48 Å². The fourth-order valence-electron chi connectivity index (χ4n) is 2.69. The Morgan fingerprint density at radius 1 is 1.30 bits per heavy atom. The molecule has 0 fully saturated rings. The summed E-state index contributed by atoms with van der Waals surface area (Å²) >= 11 is 0. The predicted molar refractivity (Wildman–Crippen MR) is 83.1 cm³/mol. The average molecular weight is 314 g/mol. The number of carbonyl (C=O) groups is 2. The van der Waals surface area contributed by atoms with Crippen LogP contribution in [0.1, 0.15) is 29.4 Å². The molecule has 0 spiro atoms. The number of fused-ring (bicyclic) bond motifs is 1. The first-order chi connectivity index (χ1) is 11.2. The largest absolute Gasteiger partial charge is 0.461 e. The molecule has 0 radical (unpaired) electrons. The average Bonchev–Trinajstić information content (AvgIpc) is 3.03. The molecule has 0 atom stereocenters. The first-order valence-corrected chi connectivity index (χ1v) is 7.64. The Labute approximate surface area is 133 Å². The lowest BCUT2D eigenvalue weighted by molar-refractivity contribution is -0.119. The standard InChI is InChI=1S/C16H18N4O3/c1-2-23-16(22)13-10-19(18-17-13)11-15(21)20-9-5-7-12-6-3-4-8-14(12)20/h3-4,6,8,10H,2,5,7,9,11H2,1H3. The number of hydrogen-bond acceptors (Lipinski definition) is 5. The second kappa shape index (κ2) is 6.60. The van der Waals surface area contributed by atoms with Crippen molar-refractivity contribution in [2.45, 2.75) is 26.3 Å². The molecule has 3 rings (SSSR count). The van der Waals surface area contributed by atoms with E-state index in [-0.39, 0.29) is 24.8 Å². The number of hydrogen-bond donors (Lipinski definition) is 0. The maximum Gasteiger partial charge on any atom is 0.360 e. The first kappa shape index (κ1) is 15.2. The molecule has 0 aliphatic carbocycles. The zero-order valence-electron chi connectivity index (χ0n) is 12.9. The van der Waals surface area contributed by atoms with Gasteiger partial charge in [-0.15, -0.1) is 5.10 Å². The van der Waals surface area contributed by atoms with Gasteiger partial charge in [-0.2, -0.15) is 0 Å². The molecule has 0 bridgehead atoms. The molecule has 7 nitrogen and oxygen atoms in total. The van der Waals surface area contributed by atoms with Crippen LogP contribution in [0.4, 0.5) is 5.69 Å². The molecule has 1 amide bonds. The van der Waals surface area contributed by atoms with Gasteiger partial charge in [0.05, 0.1) is 12.8 Å². The summed E-state index contributed by atoms with van der Waals surface area (Å²) < 4.78 is 6.23. The van der Waals surface area contributed by atoms with E-state index in [2.05, 4.69) is 10.3 Å². The van der Waals surface area contributed by atoms with Crippen LogP contribution in [0.25, 0.3) is 0 Å². The summed E-state index contributed by atoms with van der Waals surface area (Å²) in [6.45, 7) is 2.73. The van der Waals surface area contributed by atoms with Gasteiger partial charge in [0.25, 0.3) is 0 Å².